The van der Waals surface area contributed by atoms with Gasteiger partial charge in [-0.1, -0.05) is 18.2 Å². The molecule has 8 heteroatoms. The smallest absolute Gasteiger partial charge is 0.353 e. The molecule has 0 aliphatic heterocycles. The third-order valence-electron chi connectivity index (χ3n) is 5.79. The Bertz CT molecular complexity index is 1690. The Morgan fingerprint density at radius 3 is 2.61 bits per heavy atom. The largest absolute Gasteiger partial charge is 0.477 e. The number of pyridine rings is 2. The molecule has 5 rings (SSSR count). The van der Waals surface area contributed by atoms with Crippen LogP contribution in [0.25, 0.3) is 32.9 Å². The maximum Gasteiger partial charge on any atom is 0.353 e. The number of carboxylic acid groups (broad SMARTS) is 1. The van der Waals surface area contributed by atoms with Gasteiger partial charge in [-0.05, 0) is 54.3 Å². The van der Waals surface area contributed by atoms with Crippen molar-refractivity contribution in [3.63, 3.8) is 0 Å². The number of nitrogens with one attached hydrogen (secondary N) is 2. The highest BCUT2D eigenvalue weighted by molar-refractivity contribution is 6.08. The van der Waals surface area contributed by atoms with Gasteiger partial charge in [0.2, 0.25) is 0 Å². The Labute approximate surface area is 185 Å². The SMILES string of the molecule is Cc1cc2c(-c3ccc[nH]c3=O)c(C(=O)O)n(Cc3cc4ccccc4[nH]c3=O)c2cc1F. The summed E-state index contributed by atoms with van der Waals surface area (Å²) in [5.41, 5.74) is 0.845. The van der Waals surface area contributed by atoms with Crippen molar-refractivity contribution in [3.8, 4) is 11.1 Å². The molecule has 2 aromatic carbocycles. The van der Waals surface area contributed by atoms with Crippen molar-refractivity contribution < 1.29 is 14.3 Å². The lowest BCUT2D eigenvalue weighted by Gasteiger charge is -2.10. The third-order valence-corrected chi connectivity index (χ3v) is 5.79. The summed E-state index contributed by atoms with van der Waals surface area (Å²) >= 11 is 0. The molecule has 0 saturated heterocycles. The number of carbonyl (C=O) groups is 1. The van der Waals surface area contributed by atoms with E-state index in [2.05, 4.69) is 9.97 Å². The number of H-pyrrole nitrogens is 2. The number of halogens is 1. The minimum Gasteiger partial charge on any atom is -0.477 e. The van der Waals surface area contributed by atoms with Crippen molar-refractivity contribution in [1.29, 1.82) is 0 Å². The molecule has 33 heavy (non-hydrogen) atoms. The molecule has 3 aromatic heterocycles. The van der Waals surface area contributed by atoms with Crippen molar-refractivity contribution in [2.24, 2.45) is 0 Å². The van der Waals surface area contributed by atoms with Crippen LogP contribution in [0, 0.1) is 12.7 Å². The second kappa shape index (κ2) is 7.59. The molecule has 0 unspecified atom stereocenters. The summed E-state index contributed by atoms with van der Waals surface area (Å²) in [4.78, 5) is 43.1. The molecule has 0 saturated carbocycles. The first-order chi connectivity index (χ1) is 15.8. The van der Waals surface area contributed by atoms with Gasteiger partial charge in [-0.3, -0.25) is 9.59 Å². The van der Waals surface area contributed by atoms with Crippen LogP contribution in [0.4, 0.5) is 4.39 Å². The molecule has 0 bridgehead atoms. The van der Waals surface area contributed by atoms with Gasteiger partial charge in [0.1, 0.15) is 11.5 Å². The number of para-hydroxylation sites is 1. The van der Waals surface area contributed by atoms with E-state index in [4.69, 9.17) is 0 Å². The van der Waals surface area contributed by atoms with Gasteiger partial charge in [0.05, 0.1) is 12.1 Å². The molecular weight excluding hydrogens is 425 g/mol. The van der Waals surface area contributed by atoms with Crippen molar-refractivity contribution in [2.45, 2.75) is 13.5 Å². The zero-order valence-electron chi connectivity index (χ0n) is 17.5. The number of hydrogen-bond acceptors (Lipinski definition) is 3. The molecule has 0 atom stereocenters. The monoisotopic (exact) mass is 443 g/mol. The second-order valence-electron chi connectivity index (χ2n) is 7.86. The summed E-state index contributed by atoms with van der Waals surface area (Å²) in [7, 11) is 0. The zero-order valence-corrected chi connectivity index (χ0v) is 17.5. The standard InChI is InChI=1S/C25H18FN3O4/c1-13-9-17-20(11-18(13)26)29(12-15-10-14-5-2-3-7-19(14)28-23(15)30)22(25(32)33)21(17)16-6-4-8-27-24(16)31/h2-11H,12H2,1H3,(H,27,31)(H,28,30)(H,32,33). The van der Waals surface area contributed by atoms with E-state index in [0.29, 0.717) is 22.0 Å². The molecule has 0 aliphatic rings. The molecule has 0 amide bonds. The maximum absolute atomic E-state index is 14.6. The molecule has 164 valence electrons. The Hall–Kier alpha value is -4.46. The summed E-state index contributed by atoms with van der Waals surface area (Å²) in [5.74, 6) is -1.81. The summed E-state index contributed by atoms with van der Waals surface area (Å²) in [6, 6.07) is 14.8. The maximum atomic E-state index is 14.6. The Kier molecular flexibility index (Phi) is 4.70. The third kappa shape index (κ3) is 3.32. The van der Waals surface area contributed by atoms with Crippen LogP contribution in [0.3, 0.4) is 0 Å². The molecule has 0 radical (unpaired) electrons. The van der Waals surface area contributed by atoms with E-state index < -0.39 is 17.3 Å². The van der Waals surface area contributed by atoms with Gasteiger partial charge in [-0.2, -0.15) is 0 Å². The Morgan fingerprint density at radius 2 is 1.85 bits per heavy atom. The first kappa shape index (κ1) is 20.4. The predicted octanol–water partition coefficient (Wildman–Crippen LogP) is 4.03. The highest BCUT2D eigenvalue weighted by atomic mass is 19.1. The molecule has 0 spiro atoms. The van der Waals surface area contributed by atoms with Gasteiger partial charge in [0.25, 0.3) is 11.1 Å². The highest BCUT2D eigenvalue weighted by Crippen LogP contribution is 2.35. The van der Waals surface area contributed by atoms with Crippen LogP contribution >= 0.6 is 0 Å². The van der Waals surface area contributed by atoms with Crippen molar-refractivity contribution in [1.82, 2.24) is 14.5 Å². The number of carboxylic acids is 1. The minimum absolute atomic E-state index is 0.120. The lowest BCUT2D eigenvalue weighted by atomic mass is 10.0. The van der Waals surface area contributed by atoms with E-state index >= 15 is 0 Å². The molecule has 0 aliphatic carbocycles. The molecule has 3 heterocycles. The fourth-order valence-corrected chi connectivity index (χ4v) is 4.24. The quantitative estimate of drug-likeness (QED) is 0.390. The number of aromatic carboxylic acids is 1. The van der Waals surface area contributed by atoms with Crippen molar-refractivity contribution >= 4 is 27.8 Å². The lowest BCUT2D eigenvalue weighted by molar-refractivity contribution is 0.0687. The zero-order chi connectivity index (χ0) is 23.3. The number of rotatable bonds is 4. The first-order valence-electron chi connectivity index (χ1n) is 10.2. The van der Waals surface area contributed by atoms with Gasteiger partial charge in [0, 0.05) is 33.8 Å². The number of aromatic amines is 2. The van der Waals surface area contributed by atoms with Gasteiger partial charge < -0.3 is 19.6 Å². The van der Waals surface area contributed by atoms with Crippen molar-refractivity contribution in [3.05, 3.63) is 104 Å². The summed E-state index contributed by atoms with van der Waals surface area (Å²) in [6.07, 6.45) is 1.45. The molecule has 3 N–H and O–H groups in total. The van der Waals surface area contributed by atoms with Crippen LogP contribution in [-0.2, 0) is 6.54 Å². The minimum atomic E-state index is -1.29. The number of fused-ring (bicyclic) bond motifs is 2. The molecular formula is C25H18FN3O4. The van der Waals surface area contributed by atoms with E-state index in [-0.39, 0.29) is 34.4 Å². The van der Waals surface area contributed by atoms with Gasteiger partial charge in [-0.15, -0.1) is 0 Å². The second-order valence-corrected chi connectivity index (χ2v) is 7.86. The fourth-order valence-electron chi connectivity index (χ4n) is 4.24. The number of aryl methyl sites for hydroxylation is 1. The summed E-state index contributed by atoms with van der Waals surface area (Å²) in [6.45, 7) is 1.45. The highest BCUT2D eigenvalue weighted by Gasteiger charge is 2.26. The number of benzene rings is 2. The predicted molar refractivity (Wildman–Crippen MR) is 123 cm³/mol. The molecule has 7 nitrogen and oxygen atoms in total. The van der Waals surface area contributed by atoms with Gasteiger partial charge >= 0.3 is 5.97 Å². The molecule has 5 aromatic rings. The van der Waals surface area contributed by atoms with Gasteiger partial charge in [-0.25, -0.2) is 9.18 Å². The number of aromatic nitrogens is 3. The van der Waals surface area contributed by atoms with Gasteiger partial charge in [0.15, 0.2) is 0 Å². The van der Waals surface area contributed by atoms with Crippen LogP contribution in [0.15, 0.2) is 70.4 Å². The van der Waals surface area contributed by atoms with Crippen LogP contribution in [0.2, 0.25) is 0 Å². The van der Waals surface area contributed by atoms with E-state index in [1.807, 2.05) is 12.1 Å². The lowest BCUT2D eigenvalue weighted by Crippen LogP contribution is -2.19. The van der Waals surface area contributed by atoms with Crippen LogP contribution in [-0.4, -0.2) is 25.6 Å². The fraction of sp³-hybridized carbons (Fsp3) is 0.0800. The van der Waals surface area contributed by atoms with Crippen LogP contribution < -0.4 is 11.1 Å². The van der Waals surface area contributed by atoms with E-state index in [0.717, 1.165) is 5.39 Å². The topological polar surface area (TPSA) is 108 Å². The van der Waals surface area contributed by atoms with Crippen LogP contribution in [0.5, 0.6) is 0 Å². The van der Waals surface area contributed by atoms with E-state index in [1.54, 1.807) is 31.2 Å². The normalized spacial score (nSPS) is 11.3. The number of hydrogen-bond donors (Lipinski definition) is 3. The Morgan fingerprint density at radius 1 is 1.06 bits per heavy atom. The van der Waals surface area contributed by atoms with E-state index in [9.17, 15) is 23.9 Å². The first-order valence-corrected chi connectivity index (χ1v) is 10.2. The van der Waals surface area contributed by atoms with Crippen LogP contribution in [0.1, 0.15) is 21.6 Å². The average Bonchev–Trinajstić information content (AvgIpc) is 3.08. The summed E-state index contributed by atoms with van der Waals surface area (Å²) < 4.78 is 16.0. The molecule has 0 fully saturated rings. The van der Waals surface area contributed by atoms with E-state index in [1.165, 1.54) is 29.0 Å². The Balaban J connectivity index is 1.85. The number of nitrogens with zero attached hydrogens (tertiary/aromatic N) is 1. The average molecular weight is 443 g/mol. The van der Waals surface area contributed by atoms with Crippen molar-refractivity contribution in [2.75, 3.05) is 0 Å². The summed E-state index contributed by atoms with van der Waals surface area (Å²) in [5, 5.41) is 11.3.